The molecule has 1 heterocycles. The zero-order valence-corrected chi connectivity index (χ0v) is 27.9. The van der Waals surface area contributed by atoms with Crippen LogP contribution in [-0.4, -0.2) is 65.3 Å². The van der Waals surface area contributed by atoms with E-state index in [1.165, 1.54) is 71.9 Å². The monoisotopic (exact) mass is 688 g/mol. The minimum Gasteiger partial charge on any atom is -0.458 e. The van der Waals surface area contributed by atoms with Crippen LogP contribution in [0.1, 0.15) is 74.2 Å². The standard InChI is InChI=1S/C34H35F3N2O8S/c1-32(2,3)46-30(42)27(19-20-38-28(40)24-12-7-8-13-25(24)29(38)41)39(31(43)47-33(4,5)6)48(44,45)22-17-15-21(16-18-22)23-11-9-10-14-26(23)34(35,36)37/h7-18,27H,19-20H2,1-6H3/t27-/m1/s1. The van der Waals surface area contributed by atoms with Gasteiger partial charge in [-0.3, -0.25) is 14.5 Å². The Morgan fingerprint density at radius 1 is 0.750 bits per heavy atom. The highest BCUT2D eigenvalue weighted by atomic mass is 32.2. The second-order valence-corrected chi connectivity index (χ2v) is 14.8. The summed E-state index contributed by atoms with van der Waals surface area (Å²) in [6, 6.07) is 13.2. The Hall–Kier alpha value is -4.72. The van der Waals surface area contributed by atoms with Crippen molar-refractivity contribution in [2.24, 2.45) is 0 Å². The second-order valence-electron chi connectivity index (χ2n) is 13.0. The van der Waals surface area contributed by atoms with E-state index in [2.05, 4.69) is 0 Å². The minimum atomic E-state index is -4.99. The number of sulfonamides is 1. The van der Waals surface area contributed by atoms with Crippen LogP contribution < -0.4 is 0 Å². The van der Waals surface area contributed by atoms with E-state index in [0.29, 0.717) is 0 Å². The third-order valence-corrected chi connectivity index (χ3v) is 8.78. The number of carbonyl (C=O) groups excluding carboxylic acids is 4. The first kappa shape index (κ1) is 36.1. The van der Waals surface area contributed by atoms with Gasteiger partial charge in [0.25, 0.3) is 21.8 Å². The Morgan fingerprint density at radius 3 is 1.71 bits per heavy atom. The lowest BCUT2D eigenvalue weighted by molar-refractivity contribution is -0.159. The highest BCUT2D eigenvalue weighted by Crippen LogP contribution is 2.37. The van der Waals surface area contributed by atoms with Crippen molar-refractivity contribution in [2.75, 3.05) is 6.54 Å². The fourth-order valence-corrected chi connectivity index (χ4v) is 6.46. The first-order valence-electron chi connectivity index (χ1n) is 14.8. The van der Waals surface area contributed by atoms with Gasteiger partial charge in [0.1, 0.15) is 11.2 Å². The van der Waals surface area contributed by atoms with Crippen molar-refractivity contribution in [3.05, 3.63) is 89.5 Å². The van der Waals surface area contributed by atoms with Gasteiger partial charge in [0, 0.05) is 6.54 Å². The topological polar surface area (TPSA) is 127 Å². The average molecular weight is 689 g/mol. The molecule has 4 rings (SSSR count). The van der Waals surface area contributed by atoms with Crippen LogP contribution >= 0.6 is 0 Å². The molecule has 0 N–H and O–H groups in total. The molecule has 0 aliphatic carbocycles. The molecule has 48 heavy (non-hydrogen) atoms. The molecule has 0 saturated heterocycles. The Morgan fingerprint density at radius 2 is 1.23 bits per heavy atom. The lowest BCUT2D eigenvalue weighted by Gasteiger charge is -2.33. The summed E-state index contributed by atoms with van der Waals surface area (Å²) in [7, 11) is -4.99. The molecule has 10 nitrogen and oxygen atoms in total. The molecule has 256 valence electrons. The molecular formula is C34H35F3N2O8S. The van der Waals surface area contributed by atoms with Crippen LogP contribution in [0.25, 0.3) is 11.1 Å². The molecule has 0 fully saturated rings. The molecule has 0 bridgehead atoms. The van der Waals surface area contributed by atoms with Gasteiger partial charge in [0.2, 0.25) is 0 Å². The first-order valence-corrected chi connectivity index (χ1v) is 16.3. The third-order valence-electron chi connectivity index (χ3n) is 6.99. The van der Waals surface area contributed by atoms with Crippen LogP contribution in [0.4, 0.5) is 18.0 Å². The Bertz CT molecular complexity index is 1810. The normalized spacial score (nSPS) is 14.4. The lowest BCUT2D eigenvalue weighted by atomic mass is 9.99. The van der Waals surface area contributed by atoms with Gasteiger partial charge in [0.05, 0.1) is 21.6 Å². The minimum absolute atomic E-state index is 0.0417. The number of nitrogens with zero attached hydrogens (tertiary/aromatic N) is 2. The fourth-order valence-electron chi connectivity index (χ4n) is 5.00. The number of hydrogen-bond donors (Lipinski definition) is 0. The van der Waals surface area contributed by atoms with Gasteiger partial charge in [-0.1, -0.05) is 42.5 Å². The molecule has 0 unspecified atom stereocenters. The van der Waals surface area contributed by atoms with E-state index in [9.17, 15) is 40.8 Å². The number of fused-ring (bicyclic) bond motifs is 1. The van der Waals surface area contributed by atoms with E-state index in [-0.39, 0.29) is 26.6 Å². The summed E-state index contributed by atoms with van der Waals surface area (Å²) in [5.74, 6) is -2.50. The van der Waals surface area contributed by atoms with Crippen LogP contribution in [0.2, 0.25) is 0 Å². The van der Waals surface area contributed by atoms with Crippen LogP contribution in [0, 0.1) is 0 Å². The van der Waals surface area contributed by atoms with Crippen LogP contribution in [0.3, 0.4) is 0 Å². The predicted molar refractivity (Wildman–Crippen MR) is 168 cm³/mol. The number of amides is 3. The number of ether oxygens (including phenoxy) is 2. The molecule has 1 atom stereocenters. The van der Waals surface area contributed by atoms with Gasteiger partial charge in [-0.05, 0) is 89.4 Å². The van der Waals surface area contributed by atoms with Gasteiger partial charge in [-0.15, -0.1) is 0 Å². The van der Waals surface area contributed by atoms with Gasteiger partial charge in [-0.25, -0.2) is 18.0 Å². The van der Waals surface area contributed by atoms with Crippen molar-refractivity contribution in [3.8, 4) is 11.1 Å². The fraction of sp³-hybridized carbons (Fsp3) is 0.353. The van der Waals surface area contributed by atoms with Crippen molar-refractivity contribution in [2.45, 2.75) is 76.3 Å². The molecule has 0 aromatic heterocycles. The van der Waals surface area contributed by atoms with Crippen molar-refractivity contribution < 1.29 is 50.2 Å². The molecule has 0 saturated carbocycles. The second kappa shape index (κ2) is 13.1. The van der Waals surface area contributed by atoms with E-state index in [1.54, 1.807) is 12.1 Å². The molecule has 0 radical (unpaired) electrons. The molecule has 1 aliphatic heterocycles. The summed E-state index contributed by atoms with van der Waals surface area (Å²) in [4.78, 5) is 53.8. The van der Waals surface area contributed by atoms with Crippen LogP contribution in [0.15, 0.2) is 77.7 Å². The van der Waals surface area contributed by atoms with Crippen LogP contribution in [0.5, 0.6) is 0 Å². The van der Waals surface area contributed by atoms with Gasteiger partial charge in [0.15, 0.2) is 6.04 Å². The third kappa shape index (κ3) is 7.87. The van der Waals surface area contributed by atoms with Crippen molar-refractivity contribution >= 4 is 33.9 Å². The predicted octanol–water partition coefficient (Wildman–Crippen LogP) is 6.69. The summed E-state index contributed by atoms with van der Waals surface area (Å²) >= 11 is 0. The summed E-state index contributed by atoms with van der Waals surface area (Å²) in [6.45, 7) is 8.53. The lowest BCUT2D eigenvalue weighted by Crippen LogP contribution is -2.53. The maximum absolute atomic E-state index is 14.2. The first-order chi connectivity index (χ1) is 22.1. The summed E-state index contributed by atoms with van der Waals surface area (Å²) < 4.78 is 80.6. The molecular weight excluding hydrogens is 653 g/mol. The number of imide groups is 1. The van der Waals surface area contributed by atoms with Crippen molar-refractivity contribution in [3.63, 3.8) is 0 Å². The Balaban J connectivity index is 1.78. The SMILES string of the molecule is CC(C)(C)OC(=O)[C@@H](CCN1C(=O)c2ccccc2C1=O)N(C(=O)OC(C)(C)C)S(=O)(=O)c1ccc(-c2ccccc2C(F)(F)F)cc1. The summed E-state index contributed by atoms with van der Waals surface area (Å²) in [5.41, 5.74) is -3.24. The maximum Gasteiger partial charge on any atom is 0.425 e. The molecule has 1 aliphatic rings. The number of esters is 1. The van der Waals surface area contributed by atoms with E-state index in [1.807, 2.05) is 0 Å². The van der Waals surface area contributed by atoms with Gasteiger partial charge >= 0.3 is 18.2 Å². The number of hydrogen-bond acceptors (Lipinski definition) is 8. The van der Waals surface area contributed by atoms with Crippen molar-refractivity contribution in [1.29, 1.82) is 0 Å². The molecule has 3 amide bonds. The van der Waals surface area contributed by atoms with E-state index in [0.717, 1.165) is 35.2 Å². The van der Waals surface area contributed by atoms with E-state index >= 15 is 0 Å². The summed E-state index contributed by atoms with van der Waals surface area (Å²) in [5, 5.41) is 0. The number of rotatable bonds is 8. The number of alkyl halides is 3. The van der Waals surface area contributed by atoms with Gasteiger partial charge in [-0.2, -0.15) is 17.5 Å². The largest absolute Gasteiger partial charge is 0.458 e. The highest BCUT2D eigenvalue weighted by Gasteiger charge is 2.45. The smallest absolute Gasteiger partial charge is 0.425 e. The number of halogens is 3. The number of carbonyl (C=O) groups is 4. The van der Waals surface area contributed by atoms with E-state index in [4.69, 9.17) is 9.47 Å². The molecule has 0 spiro atoms. The molecule has 3 aromatic rings. The number of benzene rings is 3. The quantitative estimate of drug-likeness (QED) is 0.189. The average Bonchev–Trinajstić information content (AvgIpc) is 3.21. The van der Waals surface area contributed by atoms with E-state index < -0.39 is 80.7 Å². The Labute approximate surface area is 276 Å². The molecule has 3 aromatic carbocycles. The van der Waals surface area contributed by atoms with Crippen molar-refractivity contribution in [1.82, 2.24) is 9.21 Å². The summed E-state index contributed by atoms with van der Waals surface area (Å²) in [6.07, 6.45) is -6.70. The van der Waals surface area contributed by atoms with Gasteiger partial charge < -0.3 is 9.47 Å². The zero-order chi connectivity index (χ0) is 35.8. The van der Waals surface area contributed by atoms with Crippen LogP contribution in [-0.2, 0) is 30.5 Å². The maximum atomic E-state index is 14.2. The zero-order valence-electron chi connectivity index (χ0n) is 27.1. The Kier molecular flexibility index (Phi) is 9.83. The molecule has 14 heteroatoms. The highest BCUT2D eigenvalue weighted by molar-refractivity contribution is 7.89.